The topological polar surface area (TPSA) is 66.8 Å². The molecule has 0 bridgehead atoms. The van der Waals surface area contributed by atoms with Crippen LogP contribution in [0.4, 0.5) is 0 Å². The fourth-order valence-corrected chi connectivity index (χ4v) is 3.97. The lowest BCUT2D eigenvalue weighted by molar-refractivity contribution is -0.138. The van der Waals surface area contributed by atoms with Gasteiger partial charge in [-0.05, 0) is 61.4 Å². The van der Waals surface area contributed by atoms with Crippen LogP contribution in [0.2, 0.25) is 0 Å². The summed E-state index contributed by atoms with van der Waals surface area (Å²) in [5.41, 5.74) is 3.13. The second-order valence-electron chi connectivity index (χ2n) is 8.48. The number of aromatic hydroxyl groups is 1. The van der Waals surface area contributed by atoms with Crippen LogP contribution in [0.25, 0.3) is 11.1 Å². The molecule has 2 aromatic rings. The minimum atomic E-state index is -0.842. The molecule has 0 spiro atoms. The van der Waals surface area contributed by atoms with Crippen molar-refractivity contribution in [3.05, 3.63) is 47.5 Å². The molecule has 0 saturated carbocycles. The van der Waals surface area contributed by atoms with Gasteiger partial charge in [0.2, 0.25) is 0 Å². The van der Waals surface area contributed by atoms with Crippen LogP contribution in [-0.4, -0.2) is 21.8 Å². The van der Waals surface area contributed by atoms with Gasteiger partial charge in [0, 0.05) is 5.56 Å². The first-order chi connectivity index (χ1) is 12.0. The zero-order valence-electron chi connectivity index (χ0n) is 16.0. The van der Waals surface area contributed by atoms with Crippen molar-refractivity contribution in [2.75, 3.05) is 0 Å². The molecule has 3 rings (SSSR count). The van der Waals surface area contributed by atoms with E-state index in [0.717, 1.165) is 28.7 Å². The van der Waals surface area contributed by atoms with Crippen LogP contribution in [0.15, 0.2) is 36.4 Å². The molecule has 0 aliphatic carbocycles. The molecule has 26 heavy (non-hydrogen) atoms. The van der Waals surface area contributed by atoms with Gasteiger partial charge in [-0.15, -0.1) is 0 Å². The minimum Gasteiger partial charge on any atom is -0.504 e. The summed E-state index contributed by atoms with van der Waals surface area (Å²) < 4.78 is 6.04. The van der Waals surface area contributed by atoms with Gasteiger partial charge < -0.3 is 14.9 Å². The first kappa shape index (κ1) is 18.3. The predicted molar refractivity (Wildman–Crippen MR) is 102 cm³/mol. The van der Waals surface area contributed by atoms with E-state index in [1.807, 2.05) is 38.1 Å². The summed E-state index contributed by atoms with van der Waals surface area (Å²) in [5.74, 6) is -0.686. The molecule has 138 valence electrons. The second-order valence-corrected chi connectivity index (χ2v) is 8.48. The minimum absolute atomic E-state index is 0.123. The van der Waals surface area contributed by atoms with Gasteiger partial charge in [-0.3, -0.25) is 4.79 Å². The van der Waals surface area contributed by atoms with E-state index in [1.54, 1.807) is 13.0 Å². The van der Waals surface area contributed by atoms with E-state index in [2.05, 4.69) is 19.9 Å². The van der Waals surface area contributed by atoms with Gasteiger partial charge >= 0.3 is 5.97 Å². The number of aliphatic carboxylic acids is 1. The number of carbonyl (C=O) groups is 1. The summed E-state index contributed by atoms with van der Waals surface area (Å²) in [6, 6.07) is 11.2. The molecule has 1 atom stereocenters. The molecule has 2 aromatic carbocycles. The summed E-state index contributed by atoms with van der Waals surface area (Å²) in [4.78, 5) is 11.1. The lowest BCUT2D eigenvalue weighted by Gasteiger charge is -2.42. The lowest BCUT2D eigenvalue weighted by atomic mass is 9.73. The van der Waals surface area contributed by atoms with Gasteiger partial charge in [-0.2, -0.15) is 0 Å². The largest absolute Gasteiger partial charge is 0.504 e. The number of hydrogen-bond donors (Lipinski definition) is 2. The molecule has 0 aromatic heterocycles. The Morgan fingerprint density at radius 2 is 1.69 bits per heavy atom. The average Bonchev–Trinajstić information content (AvgIpc) is 2.53. The Kier molecular flexibility index (Phi) is 4.26. The highest BCUT2D eigenvalue weighted by molar-refractivity contribution is 5.76. The van der Waals surface area contributed by atoms with Crippen molar-refractivity contribution in [1.29, 1.82) is 0 Å². The zero-order valence-corrected chi connectivity index (χ0v) is 16.0. The van der Waals surface area contributed by atoms with Crippen LogP contribution in [-0.2, 0) is 10.2 Å². The average molecular weight is 354 g/mol. The highest BCUT2D eigenvalue weighted by Crippen LogP contribution is 2.50. The van der Waals surface area contributed by atoms with Crippen LogP contribution in [0.1, 0.15) is 58.1 Å². The Labute approximate surface area is 154 Å². The van der Waals surface area contributed by atoms with Gasteiger partial charge in [0.15, 0.2) is 11.5 Å². The van der Waals surface area contributed by atoms with Crippen LogP contribution in [0, 0.1) is 0 Å². The number of ether oxygens (including phenoxy) is 1. The molecule has 0 fully saturated rings. The highest BCUT2D eigenvalue weighted by Gasteiger charge is 2.40. The van der Waals surface area contributed by atoms with Gasteiger partial charge in [0.1, 0.15) is 5.60 Å². The number of benzene rings is 2. The third-order valence-corrected chi connectivity index (χ3v) is 5.16. The number of fused-ring (bicyclic) bond motifs is 1. The number of carboxylic acids is 1. The van der Waals surface area contributed by atoms with E-state index in [-0.39, 0.29) is 16.8 Å². The maximum absolute atomic E-state index is 11.1. The van der Waals surface area contributed by atoms with Crippen molar-refractivity contribution < 1.29 is 19.7 Å². The Hall–Kier alpha value is -2.49. The third kappa shape index (κ3) is 3.28. The molecule has 2 N–H and O–H groups in total. The van der Waals surface area contributed by atoms with Gasteiger partial charge in [0.05, 0.1) is 5.92 Å². The molecule has 1 aliphatic rings. The van der Waals surface area contributed by atoms with E-state index in [4.69, 9.17) is 9.84 Å². The molecule has 0 saturated heterocycles. The maximum atomic E-state index is 11.1. The molecule has 1 aliphatic heterocycles. The maximum Gasteiger partial charge on any atom is 0.310 e. The molecule has 4 heteroatoms. The Balaban J connectivity index is 2.03. The number of phenols is 1. The first-order valence-corrected chi connectivity index (χ1v) is 8.90. The number of phenolic OH excluding ortho intramolecular Hbond substituents is 1. The SMILES string of the molecule is CC(C(=O)O)c1ccc(-c2cc(O)c3c(c2)C(C)(C)CC(C)(C)O3)cc1. The van der Waals surface area contributed by atoms with Crippen molar-refractivity contribution in [2.45, 2.75) is 58.0 Å². The number of carboxylic acid groups (broad SMARTS) is 1. The molecular formula is C22H26O4. The van der Waals surface area contributed by atoms with E-state index in [1.165, 1.54) is 0 Å². The van der Waals surface area contributed by atoms with Gasteiger partial charge in [0.25, 0.3) is 0 Å². The molecular weight excluding hydrogens is 328 g/mol. The first-order valence-electron chi connectivity index (χ1n) is 8.90. The fourth-order valence-electron chi connectivity index (χ4n) is 3.97. The Morgan fingerprint density at radius 1 is 1.08 bits per heavy atom. The quantitative estimate of drug-likeness (QED) is 0.806. The summed E-state index contributed by atoms with van der Waals surface area (Å²) in [6.45, 7) is 10.1. The molecule has 0 radical (unpaired) electrons. The molecule has 1 unspecified atom stereocenters. The van der Waals surface area contributed by atoms with Crippen molar-refractivity contribution >= 4 is 5.97 Å². The normalized spacial score (nSPS) is 18.5. The van der Waals surface area contributed by atoms with Gasteiger partial charge in [-0.1, -0.05) is 38.1 Å². The van der Waals surface area contributed by atoms with Crippen LogP contribution >= 0.6 is 0 Å². The zero-order chi connectivity index (χ0) is 19.3. The number of hydrogen-bond acceptors (Lipinski definition) is 3. The summed E-state index contributed by atoms with van der Waals surface area (Å²) >= 11 is 0. The smallest absolute Gasteiger partial charge is 0.310 e. The second kappa shape index (κ2) is 6.04. The fraction of sp³-hybridized carbons (Fsp3) is 0.409. The lowest BCUT2D eigenvalue weighted by Crippen LogP contribution is -2.41. The Morgan fingerprint density at radius 3 is 2.27 bits per heavy atom. The van der Waals surface area contributed by atoms with Crippen molar-refractivity contribution in [3.63, 3.8) is 0 Å². The molecule has 1 heterocycles. The van der Waals surface area contributed by atoms with Gasteiger partial charge in [-0.25, -0.2) is 0 Å². The van der Waals surface area contributed by atoms with Crippen LogP contribution in [0.5, 0.6) is 11.5 Å². The van der Waals surface area contributed by atoms with E-state index in [9.17, 15) is 9.90 Å². The van der Waals surface area contributed by atoms with Crippen molar-refractivity contribution in [1.82, 2.24) is 0 Å². The van der Waals surface area contributed by atoms with Crippen LogP contribution in [0.3, 0.4) is 0 Å². The molecule has 0 amide bonds. The molecule has 4 nitrogen and oxygen atoms in total. The van der Waals surface area contributed by atoms with E-state index in [0.29, 0.717) is 5.75 Å². The standard InChI is InChI=1S/C22H26O4/c1-13(20(24)25)14-6-8-15(9-7-14)16-10-17-19(18(23)11-16)26-22(4,5)12-21(17,2)3/h6-11,13,23H,12H2,1-5H3,(H,24,25). The van der Waals surface area contributed by atoms with E-state index >= 15 is 0 Å². The Bertz CT molecular complexity index is 847. The van der Waals surface area contributed by atoms with Crippen molar-refractivity contribution in [3.8, 4) is 22.6 Å². The van der Waals surface area contributed by atoms with Crippen molar-refractivity contribution in [2.24, 2.45) is 0 Å². The monoisotopic (exact) mass is 354 g/mol. The summed E-state index contributed by atoms with van der Waals surface area (Å²) in [6.07, 6.45) is 0.852. The predicted octanol–water partition coefficient (Wildman–Crippen LogP) is 5.09. The third-order valence-electron chi connectivity index (χ3n) is 5.16. The summed E-state index contributed by atoms with van der Waals surface area (Å²) in [7, 11) is 0. The number of rotatable bonds is 3. The van der Waals surface area contributed by atoms with E-state index < -0.39 is 11.9 Å². The highest BCUT2D eigenvalue weighted by atomic mass is 16.5. The van der Waals surface area contributed by atoms with Crippen LogP contribution < -0.4 is 4.74 Å². The summed E-state index contributed by atoms with van der Waals surface area (Å²) in [5, 5.41) is 19.7.